The number of hydrogen-bond donors (Lipinski definition) is 1. The van der Waals surface area contributed by atoms with Crippen LogP contribution in [-0.2, 0) is 4.43 Å². The van der Waals surface area contributed by atoms with E-state index in [1.54, 1.807) is 18.6 Å². The first-order chi connectivity index (χ1) is 14.1. The number of halogens is 1. The van der Waals surface area contributed by atoms with Crippen LogP contribution in [0.3, 0.4) is 0 Å². The summed E-state index contributed by atoms with van der Waals surface area (Å²) in [5.41, 5.74) is 0.917. The number of hydrogen-bond acceptors (Lipinski definition) is 3. The third-order valence-electron chi connectivity index (χ3n) is 7.21. The first-order valence-corrected chi connectivity index (χ1v) is 13.9. The average molecular weight is 429 g/mol. The smallest absolute Gasteiger partial charge is 0.192 e. The fraction of sp³-hybridized carbons (Fsp3) is 0.542. The van der Waals surface area contributed by atoms with Crippen LogP contribution in [0.5, 0.6) is 0 Å². The Morgan fingerprint density at radius 3 is 2.60 bits per heavy atom. The van der Waals surface area contributed by atoms with Gasteiger partial charge in [-0.2, -0.15) is 0 Å². The van der Waals surface area contributed by atoms with Crippen molar-refractivity contribution in [1.29, 1.82) is 0 Å². The first kappa shape index (κ1) is 21.5. The lowest BCUT2D eigenvalue weighted by atomic mass is 9.83. The van der Waals surface area contributed by atoms with Gasteiger partial charge in [-0.1, -0.05) is 32.9 Å². The maximum absolute atomic E-state index is 14.9. The van der Waals surface area contributed by atoms with Crippen LogP contribution in [0, 0.1) is 11.7 Å². The maximum atomic E-state index is 14.9. The molecule has 1 aliphatic rings. The minimum absolute atomic E-state index is 0.0803. The number of aliphatic hydroxyl groups is 1. The normalized spacial score (nSPS) is 22.8. The summed E-state index contributed by atoms with van der Waals surface area (Å²) in [5.74, 6) is 0.102. The lowest BCUT2D eigenvalue weighted by Crippen LogP contribution is -2.46. The van der Waals surface area contributed by atoms with Gasteiger partial charge in [0, 0.05) is 10.8 Å². The summed E-state index contributed by atoms with van der Waals surface area (Å²) >= 11 is 0. The van der Waals surface area contributed by atoms with Crippen molar-refractivity contribution in [2.75, 3.05) is 0 Å². The molecule has 1 aromatic carbocycles. The molecule has 2 aromatic heterocycles. The van der Waals surface area contributed by atoms with E-state index in [4.69, 9.17) is 4.43 Å². The molecule has 1 fully saturated rings. The standard InChI is InChI=1S/C24H33FN2O2Si/c1-24(2,3)30(4,5)29-22(16-9-11-17(28)12-10-16)13-20-23-18(7-6-8-19(23)25)21-14-26-15-27(20)21/h6-8,13-17,22,28H,9-12H2,1-5H3/b20-13-. The molecule has 4 rings (SSSR count). The van der Waals surface area contributed by atoms with Gasteiger partial charge >= 0.3 is 0 Å². The van der Waals surface area contributed by atoms with Gasteiger partial charge in [0.05, 0.1) is 35.6 Å². The molecule has 30 heavy (non-hydrogen) atoms. The van der Waals surface area contributed by atoms with Crippen LogP contribution in [0.15, 0.2) is 30.7 Å². The molecular weight excluding hydrogens is 395 g/mol. The second-order valence-corrected chi connectivity index (χ2v) is 15.0. The van der Waals surface area contributed by atoms with Crippen LogP contribution in [0.25, 0.3) is 22.4 Å². The zero-order chi connectivity index (χ0) is 21.7. The van der Waals surface area contributed by atoms with Gasteiger partial charge < -0.3 is 9.53 Å². The Bertz CT molecular complexity index is 1090. The van der Waals surface area contributed by atoms with Crippen molar-refractivity contribution in [2.45, 2.75) is 76.8 Å². The summed E-state index contributed by atoms with van der Waals surface area (Å²) in [6, 6.07) is 5.22. The maximum Gasteiger partial charge on any atom is 0.192 e. The summed E-state index contributed by atoms with van der Waals surface area (Å²) in [4.78, 5) is 4.30. The molecule has 1 aliphatic carbocycles. The summed E-state index contributed by atoms with van der Waals surface area (Å²) in [6.07, 6.45) is 8.79. The van der Waals surface area contributed by atoms with Crippen molar-refractivity contribution >= 4 is 30.7 Å². The fourth-order valence-electron chi connectivity index (χ4n) is 4.34. The fourth-order valence-corrected chi connectivity index (χ4v) is 5.63. The van der Waals surface area contributed by atoms with Crippen LogP contribution in [0.4, 0.5) is 4.39 Å². The molecule has 3 aromatic rings. The highest BCUT2D eigenvalue weighted by Crippen LogP contribution is 2.40. The lowest BCUT2D eigenvalue weighted by molar-refractivity contribution is 0.0720. The van der Waals surface area contributed by atoms with Gasteiger partial charge in [0.1, 0.15) is 5.82 Å². The van der Waals surface area contributed by atoms with Crippen molar-refractivity contribution in [3.05, 3.63) is 41.9 Å². The van der Waals surface area contributed by atoms with Crippen LogP contribution >= 0.6 is 0 Å². The third-order valence-corrected chi connectivity index (χ3v) is 11.7. The van der Waals surface area contributed by atoms with Gasteiger partial charge in [-0.05, 0) is 61.9 Å². The second-order valence-electron chi connectivity index (χ2n) is 10.3. The van der Waals surface area contributed by atoms with E-state index >= 15 is 0 Å². The van der Waals surface area contributed by atoms with E-state index in [2.05, 4.69) is 44.9 Å². The number of fused-ring (bicyclic) bond motifs is 3. The third kappa shape index (κ3) is 3.81. The Morgan fingerprint density at radius 1 is 1.23 bits per heavy atom. The van der Waals surface area contributed by atoms with E-state index in [1.165, 1.54) is 6.07 Å². The molecule has 0 bridgehead atoms. The molecule has 1 saturated carbocycles. The predicted octanol–water partition coefficient (Wildman–Crippen LogP) is 5.07. The summed E-state index contributed by atoms with van der Waals surface area (Å²) in [6.45, 7) is 11.3. The van der Waals surface area contributed by atoms with Gasteiger partial charge in [0.2, 0.25) is 0 Å². The number of benzene rings is 1. The molecule has 2 heterocycles. The molecule has 0 amide bonds. The van der Waals surface area contributed by atoms with E-state index in [1.807, 2.05) is 10.5 Å². The zero-order valence-electron chi connectivity index (χ0n) is 18.7. The van der Waals surface area contributed by atoms with Gasteiger partial charge in [0.15, 0.2) is 8.32 Å². The molecule has 0 spiro atoms. The molecule has 1 unspecified atom stereocenters. The Kier molecular flexibility index (Phi) is 5.53. The number of rotatable bonds is 4. The molecule has 0 aliphatic heterocycles. The number of imidazole rings is 1. The molecule has 6 heteroatoms. The molecule has 4 nitrogen and oxygen atoms in total. The zero-order valence-corrected chi connectivity index (χ0v) is 19.7. The average Bonchev–Trinajstić information content (AvgIpc) is 3.24. The summed E-state index contributed by atoms with van der Waals surface area (Å²) < 4.78 is 23.8. The Hall–Kier alpha value is -1.76. The second kappa shape index (κ2) is 7.73. The van der Waals surface area contributed by atoms with E-state index in [-0.39, 0.29) is 23.1 Å². The minimum atomic E-state index is -2.05. The Balaban J connectivity index is 1.87. The van der Waals surface area contributed by atoms with Crippen LogP contribution < -0.4 is 5.35 Å². The highest BCUT2D eigenvalue weighted by atomic mass is 28.4. The number of aromatic nitrogens is 2. The van der Waals surface area contributed by atoms with Crippen molar-refractivity contribution in [2.24, 2.45) is 5.92 Å². The number of aliphatic hydroxyl groups excluding tert-OH is 1. The quantitative estimate of drug-likeness (QED) is 0.590. The van der Waals surface area contributed by atoms with Gasteiger partial charge in [-0.25, -0.2) is 9.37 Å². The first-order valence-electron chi connectivity index (χ1n) is 11.0. The van der Waals surface area contributed by atoms with Crippen molar-refractivity contribution in [3.8, 4) is 0 Å². The molecule has 0 radical (unpaired) electrons. The molecule has 0 saturated heterocycles. The monoisotopic (exact) mass is 428 g/mol. The van der Waals surface area contributed by atoms with Gasteiger partial charge in [0.25, 0.3) is 0 Å². The van der Waals surface area contributed by atoms with E-state index in [0.29, 0.717) is 11.3 Å². The van der Waals surface area contributed by atoms with Crippen molar-refractivity contribution in [1.82, 2.24) is 9.38 Å². The van der Waals surface area contributed by atoms with Crippen molar-refractivity contribution in [3.63, 3.8) is 0 Å². The van der Waals surface area contributed by atoms with Gasteiger partial charge in [-0.3, -0.25) is 4.40 Å². The highest BCUT2D eigenvalue weighted by Gasteiger charge is 2.41. The van der Waals surface area contributed by atoms with E-state index in [0.717, 1.165) is 41.9 Å². The molecular formula is C24H33FN2O2Si. The Morgan fingerprint density at radius 2 is 1.93 bits per heavy atom. The van der Waals surface area contributed by atoms with E-state index in [9.17, 15) is 9.50 Å². The van der Waals surface area contributed by atoms with E-state index < -0.39 is 8.32 Å². The predicted molar refractivity (Wildman–Crippen MR) is 122 cm³/mol. The SMILES string of the molecule is CC(C)(C)[Si](C)(C)OC(/C=c1/c2c(F)cccc2c2cncn12)C1CCC(O)CC1. The van der Waals surface area contributed by atoms with Crippen LogP contribution in [-0.4, -0.2) is 35.0 Å². The largest absolute Gasteiger partial charge is 0.410 e. The molecule has 1 atom stereocenters. The molecule has 1 N–H and O–H groups in total. The van der Waals surface area contributed by atoms with Crippen LogP contribution in [0.2, 0.25) is 18.1 Å². The van der Waals surface area contributed by atoms with Crippen LogP contribution in [0.1, 0.15) is 46.5 Å². The van der Waals surface area contributed by atoms with Crippen molar-refractivity contribution < 1.29 is 13.9 Å². The summed E-state index contributed by atoms with van der Waals surface area (Å²) in [5, 5.41) is 12.4. The minimum Gasteiger partial charge on any atom is -0.410 e. The lowest BCUT2D eigenvalue weighted by Gasteiger charge is -2.41. The number of nitrogens with zero attached hydrogens (tertiary/aromatic N) is 2. The summed E-state index contributed by atoms with van der Waals surface area (Å²) in [7, 11) is -2.05. The van der Waals surface area contributed by atoms with Gasteiger partial charge in [-0.15, -0.1) is 0 Å². The molecule has 162 valence electrons. The topological polar surface area (TPSA) is 46.8 Å². The Labute approximate surface area is 178 Å². The highest BCUT2D eigenvalue weighted by molar-refractivity contribution is 6.74.